The first-order valence-corrected chi connectivity index (χ1v) is 7.89. The summed E-state index contributed by atoms with van der Waals surface area (Å²) in [6, 6.07) is 7.61. The standard InChI is InChI=1S/C15H19N3O2S/c1-4-10(2)16-13(19)9-21-14-15(20)18(3)12-8-6-5-7-11(12)17-14/h5-8,10H,4,9H2,1-3H3,(H,16,19)/t10-/m0/s1. The maximum Gasteiger partial charge on any atom is 0.283 e. The minimum Gasteiger partial charge on any atom is -0.353 e. The summed E-state index contributed by atoms with van der Waals surface area (Å²) < 4.78 is 1.57. The molecule has 0 saturated heterocycles. The second-order valence-electron chi connectivity index (χ2n) is 4.94. The minimum atomic E-state index is -0.171. The van der Waals surface area contributed by atoms with Crippen molar-refractivity contribution in [2.24, 2.45) is 7.05 Å². The van der Waals surface area contributed by atoms with Crippen molar-refractivity contribution in [3.05, 3.63) is 34.6 Å². The SMILES string of the molecule is CC[C@H](C)NC(=O)CSc1nc2ccccc2n(C)c1=O. The van der Waals surface area contributed by atoms with Gasteiger partial charge in [-0.25, -0.2) is 4.98 Å². The molecule has 1 aromatic carbocycles. The van der Waals surface area contributed by atoms with Crippen LogP contribution < -0.4 is 10.9 Å². The highest BCUT2D eigenvalue weighted by Crippen LogP contribution is 2.15. The van der Waals surface area contributed by atoms with Crippen molar-refractivity contribution in [2.45, 2.75) is 31.3 Å². The van der Waals surface area contributed by atoms with Gasteiger partial charge in [-0.2, -0.15) is 0 Å². The molecule has 1 amide bonds. The number of amides is 1. The van der Waals surface area contributed by atoms with Gasteiger partial charge in [-0.3, -0.25) is 9.59 Å². The summed E-state index contributed by atoms with van der Waals surface area (Å²) in [6.07, 6.45) is 0.881. The normalized spacial score (nSPS) is 12.3. The molecule has 112 valence electrons. The molecule has 0 radical (unpaired) electrons. The molecule has 0 fully saturated rings. The molecule has 1 heterocycles. The Morgan fingerprint density at radius 3 is 2.86 bits per heavy atom. The van der Waals surface area contributed by atoms with Crippen molar-refractivity contribution >= 4 is 28.7 Å². The first-order valence-electron chi connectivity index (χ1n) is 6.90. The summed E-state index contributed by atoms with van der Waals surface area (Å²) in [5.41, 5.74) is 1.37. The van der Waals surface area contributed by atoms with Crippen LogP contribution >= 0.6 is 11.8 Å². The fraction of sp³-hybridized carbons (Fsp3) is 0.400. The number of hydrogen-bond donors (Lipinski definition) is 1. The molecular weight excluding hydrogens is 286 g/mol. The lowest BCUT2D eigenvalue weighted by molar-refractivity contribution is -0.119. The van der Waals surface area contributed by atoms with E-state index in [4.69, 9.17) is 0 Å². The lowest BCUT2D eigenvalue weighted by Gasteiger charge is -2.11. The summed E-state index contributed by atoms with van der Waals surface area (Å²) in [5.74, 6) is 0.122. The Morgan fingerprint density at radius 2 is 2.14 bits per heavy atom. The van der Waals surface area contributed by atoms with Crippen LogP contribution in [0, 0.1) is 0 Å². The summed E-state index contributed by atoms with van der Waals surface area (Å²) in [6.45, 7) is 3.97. The molecular formula is C15H19N3O2S. The number of fused-ring (bicyclic) bond motifs is 1. The van der Waals surface area contributed by atoms with Crippen LogP contribution in [0.4, 0.5) is 0 Å². The van der Waals surface area contributed by atoms with Gasteiger partial charge in [-0.15, -0.1) is 0 Å². The van der Waals surface area contributed by atoms with Gasteiger partial charge < -0.3 is 9.88 Å². The molecule has 1 N–H and O–H groups in total. The van der Waals surface area contributed by atoms with Gasteiger partial charge in [0.2, 0.25) is 5.91 Å². The highest BCUT2D eigenvalue weighted by molar-refractivity contribution is 7.99. The van der Waals surface area contributed by atoms with E-state index in [-0.39, 0.29) is 23.3 Å². The predicted octanol–water partition coefficient (Wildman–Crippen LogP) is 1.94. The monoisotopic (exact) mass is 305 g/mol. The van der Waals surface area contributed by atoms with E-state index < -0.39 is 0 Å². The molecule has 21 heavy (non-hydrogen) atoms. The van der Waals surface area contributed by atoms with E-state index in [2.05, 4.69) is 10.3 Å². The number of nitrogens with one attached hydrogen (secondary N) is 1. The molecule has 1 aromatic heterocycles. The smallest absolute Gasteiger partial charge is 0.283 e. The number of aromatic nitrogens is 2. The molecule has 2 aromatic rings. The average Bonchev–Trinajstić information content (AvgIpc) is 2.49. The largest absolute Gasteiger partial charge is 0.353 e. The third kappa shape index (κ3) is 3.64. The van der Waals surface area contributed by atoms with Crippen molar-refractivity contribution in [2.75, 3.05) is 5.75 Å². The molecule has 2 rings (SSSR count). The number of thioether (sulfide) groups is 1. The second kappa shape index (κ2) is 6.76. The molecule has 0 spiro atoms. The average molecular weight is 305 g/mol. The van der Waals surface area contributed by atoms with E-state index in [0.29, 0.717) is 5.03 Å². The van der Waals surface area contributed by atoms with Crippen molar-refractivity contribution in [1.29, 1.82) is 0 Å². The van der Waals surface area contributed by atoms with Gasteiger partial charge in [-0.05, 0) is 25.5 Å². The lowest BCUT2D eigenvalue weighted by Crippen LogP contribution is -2.33. The number of para-hydroxylation sites is 2. The third-order valence-corrected chi connectivity index (χ3v) is 4.26. The van der Waals surface area contributed by atoms with Crippen molar-refractivity contribution in [1.82, 2.24) is 14.9 Å². The number of hydrogen-bond acceptors (Lipinski definition) is 4. The predicted molar refractivity (Wildman–Crippen MR) is 85.6 cm³/mol. The van der Waals surface area contributed by atoms with Crippen LogP contribution in [-0.2, 0) is 11.8 Å². The number of nitrogens with zero attached hydrogens (tertiary/aromatic N) is 2. The second-order valence-corrected chi connectivity index (χ2v) is 5.90. The highest BCUT2D eigenvalue weighted by Gasteiger charge is 2.12. The zero-order valence-corrected chi connectivity index (χ0v) is 13.2. The Labute approximate surface area is 127 Å². The summed E-state index contributed by atoms with van der Waals surface area (Å²) in [4.78, 5) is 28.4. The molecule has 0 aliphatic carbocycles. The van der Waals surface area contributed by atoms with Gasteiger partial charge >= 0.3 is 0 Å². The molecule has 0 aliphatic heterocycles. The number of aryl methyl sites for hydroxylation is 1. The van der Waals surface area contributed by atoms with Gasteiger partial charge in [-0.1, -0.05) is 30.8 Å². The van der Waals surface area contributed by atoms with Gasteiger partial charge in [0.05, 0.1) is 16.8 Å². The van der Waals surface area contributed by atoms with E-state index in [1.165, 1.54) is 11.8 Å². The van der Waals surface area contributed by atoms with Crippen LogP contribution in [0.3, 0.4) is 0 Å². The first-order chi connectivity index (χ1) is 10.0. The Balaban J connectivity index is 2.18. The fourth-order valence-corrected chi connectivity index (χ4v) is 2.67. The Kier molecular flexibility index (Phi) is 5.01. The van der Waals surface area contributed by atoms with Gasteiger partial charge in [0, 0.05) is 13.1 Å². The molecule has 0 bridgehead atoms. The summed E-state index contributed by atoms with van der Waals surface area (Å²) in [5, 5.41) is 3.23. The maximum absolute atomic E-state index is 12.2. The third-order valence-electron chi connectivity index (χ3n) is 3.31. The van der Waals surface area contributed by atoms with E-state index in [9.17, 15) is 9.59 Å². The van der Waals surface area contributed by atoms with Crippen LogP contribution in [0.5, 0.6) is 0 Å². The highest BCUT2D eigenvalue weighted by atomic mass is 32.2. The topological polar surface area (TPSA) is 64.0 Å². The Hall–Kier alpha value is -1.82. The van der Waals surface area contributed by atoms with Crippen LogP contribution in [0.25, 0.3) is 11.0 Å². The summed E-state index contributed by atoms with van der Waals surface area (Å²) in [7, 11) is 1.72. The van der Waals surface area contributed by atoms with Gasteiger partial charge in [0.25, 0.3) is 5.56 Å². The number of carbonyl (C=O) groups is 1. The van der Waals surface area contributed by atoms with Gasteiger partial charge in [0.15, 0.2) is 5.03 Å². The first kappa shape index (κ1) is 15.6. The van der Waals surface area contributed by atoms with Crippen molar-refractivity contribution < 1.29 is 4.79 Å². The minimum absolute atomic E-state index is 0.0774. The molecule has 5 nitrogen and oxygen atoms in total. The quantitative estimate of drug-likeness (QED) is 0.858. The van der Waals surface area contributed by atoms with Crippen LogP contribution in [0.2, 0.25) is 0 Å². The molecule has 0 unspecified atom stereocenters. The van der Waals surface area contributed by atoms with Crippen LogP contribution in [0.15, 0.2) is 34.1 Å². The van der Waals surface area contributed by atoms with E-state index in [0.717, 1.165) is 17.5 Å². The van der Waals surface area contributed by atoms with E-state index in [1.807, 2.05) is 38.1 Å². The zero-order chi connectivity index (χ0) is 15.4. The Morgan fingerprint density at radius 1 is 1.43 bits per heavy atom. The maximum atomic E-state index is 12.2. The number of benzene rings is 1. The van der Waals surface area contributed by atoms with Crippen LogP contribution in [0.1, 0.15) is 20.3 Å². The van der Waals surface area contributed by atoms with E-state index in [1.54, 1.807) is 11.6 Å². The van der Waals surface area contributed by atoms with Crippen LogP contribution in [-0.4, -0.2) is 27.3 Å². The van der Waals surface area contributed by atoms with Crippen molar-refractivity contribution in [3.8, 4) is 0 Å². The zero-order valence-electron chi connectivity index (χ0n) is 12.4. The number of rotatable bonds is 5. The Bertz CT molecular complexity index is 712. The molecule has 0 saturated carbocycles. The van der Waals surface area contributed by atoms with Crippen molar-refractivity contribution in [3.63, 3.8) is 0 Å². The lowest BCUT2D eigenvalue weighted by atomic mass is 10.3. The molecule has 0 aliphatic rings. The summed E-state index contributed by atoms with van der Waals surface area (Å²) >= 11 is 1.18. The fourth-order valence-electron chi connectivity index (χ4n) is 1.90. The van der Waals surface area contributed by atoms with E-state index >= 15 is 0 Å². The van der Waals surface area contributed by atoms with Gasteiger partial charge in [0.1, 0.15) is 0 Å². The molecule has 1 atom stereocenters. The number of carbonyl (C=O) groups excluding carboxylic acids is 1. The molecule has 6 heteroatoms.